The van der Waals surface area contributed by atoms with Gasteiger partial charge < -0.3 is 0 Å². The van der Waals surface area contributed by atoms with Crippen molar-refractivity contribution in [3.8, 4) is 5.40 Å². The molecular weight excluding hydrogens is 238 g/mol. The highest BCUT2D eigenvalue weighted by molar-refractivity contribution is 8.03. The third kappa shape index (κ3) is 4.07. The van der Waals surface area contributed by atoms with E-state index in [1.807, 2.05) is 0 Å². The van der Waals surface area contributed by atoms with Crippen LogP contribution in [0.2, 0.25) is 0 Å². The molecule has 0 aliphatic rings. The van der Waals surface area contributed by atoms with E-state index < -0.39 is 0 Å². The number of benzene rings is 1. The smallest absolute Gasteiger partial charge is 0.133 e. The van der Waals surface area contributed by atoms with E-state index in [-0.39, 0.29) is 5.41 Å². The van der Waals surface area contributed by atoms with Crippen LogP contribution in [-0.4, -0.2) is 5.75 Å². The fraction of sp³-hybridized carbons (Fsp3) is 0.562. The molecule has 2 heteroatoms. The molecule has 0 bridgehead atoms. The van der Waals surface area contributed by atoms with E-state index in [1.54, 1.807) is 0 Å². The van der Waals surface area contributed by atoms with Gasteiger partial charge in [-0.2, -0.15) is 5.26 Å². The van der Waals surface area contributed by atoms with Gasteiger partial charge in [-0.3, -0.25) is 0 Å². The number of hydrogen-bond donors (Lipinski definition) is 0. The normalized spacial score (nSPS) is 13.1. The van der Waals surface area contributed by atoms with Crippen molar-refractivity contribution in [3.63, 3.8) is 0 Å². The second-order valence-electron chi connectivity index (χ2n) is 5.95. The summed E-state index contributed by atoms with van der Waals surface area (Å²) in [6.45, 7) is 11.2. The average Bonchev–Trinajstić information content (AvgIpc) is 2.28. The third-order valence-corrected chi connectivity index (χ3v) is 3.96. The van der Waals surface area contributed by atoms with Crippen LogP contribution in [0.4, 0.5) is 0 Å². The summed E-state index contributed by atoms with van der Waals surface area (Å²) >= 11 is 1.35. The van der Waals surface area contributed by atoms with Crippen LogP contribution in [0, 0.1) is 17.6 Å². The Kier molecular flexibility index (Phi) is 5.28. The molecule has 1 rings (SSSR count). The SMILES string of the molecule is Cc1ccc(C(C)(C)C)cc1C(C)CCSC#N. The van der Waals surface area contributed by atoms with E-state index in [1.165, 1.54) is 28.5 Å². The lowest BCUT2D eigenvalue weighted by Crippen LogP contribution is -2.12. The molecule has 0 saturated heterocycles. The predicted molar refractivity (Wildman–Crippen MR) is 81.0 cm³/mol. The molecule has 0 aromatic heterocycles. The Morgan fingerprint density at radius 1 is 1.33 bits per heavy atom. The molecule has 98 valence electrons. The summed E-state index contributed by atoms with van der Waals surface area (Å²) in [5.74, 6) is 1.43. The maximum atomic E-state index is 8.57. The van der Waals surface area contributed by atoms with Crippen molar-refractivity contribution >= 4 is 11.8 Å². The topological polar surface area (TPSA) is 23.8 Å². The average molecular weight is 261 g/mol. The minimum atomic E-state index is 0.198. The van der Waals surface area contributed by atoms with E-state index in [2.05, 4.69) is 58.2 Å². The Balaban J connectivity index is 2.91. The molecule has 1 aromatic carbocycles. The van der Waals surface area contributed by atoms with Gasteiger partial charge in [0.1, 0.15) is 5.40 Å². The van der Waals surface area contributed by atoms with E-state index >= 15 is 0 Å². The Morgan fingerprint density at radius 2 is 2.00 bits per heavy atom. The van der Waals surface area contributed by atoms with Gasteiger partial charge in [0, 0.05) is 5.75 Å². The molecule has 0 N–H and O–H groups in total. The van der Waals surface area contributed by atoms with Crippen LogP contribution >= 0.6 is 11.8 Å². The zero-order valence-corrected chi connectivity index (χ0v) is 12.9. The molecule has 1 aromatic rings. The van der Waals surface area contributed by atoms with Crippen molar-refractivity contribution in [3.05, 3.63) is 34.9 Å². The first kappa shape index (κ1) is 15.1. The zero-order valence-electron chi connectivity index (χ0n) is 12.1. The van der Waals surface area contributed by atoms with Crippen molar-refractivity contribution in [2.24, 2.45) is 0 Å². The Bertz CT molecular complexity index is 437. The summed E-state index contributed by atoms with van der Waals surface area (Å²) in [7, 11) is 0. The molecule has 0 aliphatic carbocycles. The van der Waals surface area contributed by atoms with Gasteiger partial charge in [0.05, 0.1) is 0 Å². The highest BCUT2D eigenvalue weighted by atomic mass is 32.2. The molecule has 0 radical (unpaired) electrons. The lowest BCUT2D eigenvalue weighted by atomic mass is 9.83. The molecule has 0 fully saturated rings. The molecule has 1 nitrogen and oxygen atoms in total. The molecule has 0 spiro atoms. The number of aryl methyl sites for hydroxylation is 1. The fourth-order valence-corrected chi connectivity index (χ4v) is 2.64. The fourth-order valence-electron chi connectivity index (χ4n) is 2.07. The number of thiocyanates is 1. The Morgan fingerprint density at radius 3 is 2.56 bits per heavy atom. The highest BCUT2D eigenvalue weighted by Gasteiger charge is 2.16. The Labute approximate surface area is 116 Å². The first-order valence-corrected chi connectivity index (χ1v) is 7.46. The molecule has 0 amide bonds. The van der Waals surface area contributed by atoms with Gasteiger partial charge in [0.15, 0.2) is 0 Å². The van der Waals surface area contributed by atoms with Crippen molar-refractivity contribution in [1.29, 1.82) is 5.26 Å². The minimum absolute atomic E-state index is 0.198. The van der Waals surface area contributed by atoms with Gasteiger partial charge in [0.25, 0.3) is 0 Å². The number of nitriles is 1. The number of thioether (sulfide) groups is 1. The summed E-state index contributed by atoms with van der Waals surface area (Å²) in [4.78, 5) is 0. The molecule has 0 saturated carbocycles. The van der Waals surface area contributed by atoms with E-state index in [0.29, 0.717) is 5.92 Å². The zero-order chi connectivity index (χ0) is 13.8. The lowest BCUT2D eigenvalue weighted by Gasteiger charge is -2.23. The van der Waals surface area contributed by atoms with Crippen LogP contribution in [0.5, 0.6) is 0 Å². The van der Waals surface area contributed by atoms with Crippen LogP contribution in [-0.2, 0) is 5.41 Å². The van der Waals surface area contributed by atoms with Crippen LogP contribution in [0.3, 0.4) is 0 Å². The molecule has 0 heterocycles. The molecule has 1 atom stereocenters. The van der Waals surface area contributed by atoms with Gasteiger partial charge >= 0.3 is 0 Å². The first-order chi connectivity index (χ1) is 8.36. The predicted octanol–water partition coefficient (Wildman–Crippen LogP) is 5.00. The van der Waals surface area contributed by atoms with Gasteiger partial charge in [-0.05, 0) is 53.1 Å². The van der Waals surface area contributed by atoms with Crippen molar-refractivity contribution in [2.75, 3.05) is 5.75 Å². The highest BCUT2D eigenvalue weighted by Crippen LogP contribution is 2.30. The lowest BCUT2D eigenvalue weighted by molar-refractivity contribution is 0.587. The van der Waals surface area contributed by atoms with Crippen molar-refractivity contribution in [1.82, 2.24) is 0 Å². The maximum absolute atomic E-state index is 8.57. The maximum Gasteiger partial charge on any atom is 0.133 e. The summed E-state index contributed by atoms with van der Waals surface area (Å²) in [5, 5.41) is 10.7. The third-order valence-electron chi connectivity index (χ3n) is 3.39. The molecule has 1 unspecified atom stereocenters. The van der Waals surface area contributed by atoms with Crippen LogP contribution in [0.1, 0.15) is 56.7 Å². The van der Waals surface area contributed by atoms with Crippen molar-refractivity contribution in [2.45, 2.75) is 52.4 Å². The molecular formula is C16H23NS. The van der Waals surface area contributed by atoms with Gasteiger partial charge in [-0.15, -0.1) is 0 Å². The Hall–Kier alpha value is -0.940. The number of hydrogen-bond acceptors (Lipinski definition) is 2. The first-order valence-electron chi connectivity index (χ1n) is 6.48. The quantitative estimate of drug-likeness (QED) is 0.562. The minimum Gasteiger partial charge on any atom is -0.185 e. The number of nitrogens with zero attached hydrogens (tertiary/aromatic N) is 1. The van der Waals surface area contributed by atoms with Gasteiger partial charge in [-0.1, -0.05) is 45.9 Å². The van der Waals surface area contributed by atoms with Crippen LogP contribution in [0.15, 0.2) is 18.2 Å². The standard InChI is InChI=1S/C16H23NS/c1-12-6-7-14(16(3,4)5)10-15(12)13(2)8-9-18-11-17/h6-7,10,13H,8-9H2,1-5H3. The summed E-state index contributed by atoms with van der Waals surface area (Å²) in [5.41, 5.74) is 4.38. The summed E-state index contributed by atoms with van der Waals surface area (Å²) in [6.07, 6.45) is 1.06. The second kappa shape index (κ2) is 6.29. The van der Waals surface area contributed by atoms with Crippen molar-refractivity contribution < 1.29 is 0 Å². The van der Waals surface area contributed by atoms with Crippen LogP contribution < -0.4 is 0 Å². The number of rotatable bonds is 4. The monoisotopic (exact) mass is 261 g/mol. The molecule has 18 heavy (non-hydrogen) atoms. The van der Waals surface area contributed by atoms with E-state index in [0.717, 1.165) is 12.2 Å². The van der Waals surface area contributed by atoms with Crippen LogP contribution in [0.25, 0.3) is 0 Å². The largest absolute Gasteiger partial charge is 0.185 e. The second-order valence-corrected chi connectivity index (χ2v) is 6.83. The van der Waals surface area contributed by atoms with E-state index in [9.17, 15) is 0 Å². The van der Waals surface area contributed by atoms with Gasteiger partial charge in [-0.25, -0.2) is 0 Å². The summed E-state index contributed by atoms with van der Waals surface area (Å²) < 4.78 is 0. The molecule has 0 aliphatic heterocycles. The van der Waals surface area contributed by atoms with Gasteiger partial charge in [0.2, 0.25) is 0 Å². The van der Waals surface area contributed by atoms with E-state index in [4.69, 9.17) is 5.26 Å². The summed E-state index contributed by atoms with van der Waals surface area (Å²) in [6, 6.07) is 6.80.